The molecule has 118 valence electrons. The van der Waals surface area contributed by atoms with Crippen LogP contribution < -0.4 is 10.5 Å². The molecule has 1 aromatic heterocycles. The number of aromatic nitrogens is 1. The second kappa shape index (κ2) is 5.33. The molecule has 1 aliphatic rings. The summed E-state index contributed by atoms with van der Waals surface area (Å²) < 4.78 is 32.8. The fourth-order valence-corrected chi connectivity index (χ4v) is 3.84. The van der Waals surface area contributed by atoms with E-state index in [0.29, 0.717) is 17.1 Å². The maximum Gasteiger partial charge on any atom is 0.262 e. The number of rotatable bonds is 4. The number of aryl methyl sites for hydroxylation is 1. The number of sulfonamides is 1. The first kappa shape index (κ1) is 15.5. The second-order valence-electron chi connectivity index (χ2n) is 5.19. The summed E-state index contributed by atoms with van der Waals surface area (Å²) in [6.45, 7) is 1.68. The van der Waals surface area contributed by atoms with E-state index in [1.165, 1.54) is 12.1 Å². The van der Waals surface area contributed by atoms with Gasteiger partial charge in [0.2, 0.25) is 0 Å². The van der Waals surface area contributed by atoms with Crippen LogP contribution in [0.3, 0.4) is 0 Å². The summed E-state index contributed by atoms with van der Waals surface area (Å²) in [6, 6.07) is 2.51. The zero-order chi connectivity index (χ0) is 16.1. The highest BCUT2D eigenvalue weighted by atomic mass is 35.5. The molecule has 1 aromatic carbocycles. The third kappa shape index (κ3) is 2.76. The van der Waals surface area contributed by atoms with E-state index in [1.54, 1.807) is 6.92 Å². The van der Waals surface area contributed by atoms with Crippen molar-refractivity contribution >= 4 is 44.6 Å². The molecule has 1 aliphatic carbocycles. The predicted molar refractivity (Wildman–Crippen MR) is 84.9 cm³/mol. The number of hydrogen-bond donors (Lipinski definition) is 2. The molecular formula is C13H13Cl2N3O3S. The molecule has 0 aliphatic heterocycles. The average Bonchev–Trinajstić information content (AvgIpc) is 3.22. The van der Waals surface area contributed by atoms with Crippen LogP contribution in [-0.2, 0) is 10.0 Å². The standard InChI is InChI=1S/C13H13Cl2N3O3S/c1-6-12(13(21-17-6)7-2-3-7)18-22(19,20)8-4-9(14)11(16)10(15)5-8/h4-5,7,18H,2-3,16H2,1H3. The Bertz CT molecular complexity index is 821. The summed E-state index contributed by atoms with van der Waals surface area (Å²) in [5.74, 6) is 0.784. The van der Waals surface area contributed by atoms with Gasteiger partial charge in [-0.2, -0.15) is 0 Å². The van der Waals surface area contributed by atoms with Crippen LogP contribution in [0.25, 0.3) is 0 Å². The number of nitrogens with one attached hydrogen (secondary N) is 1. The lowest BCUT2D eigenvalue weighted by Gasteiger charge is -2.10. The largest absolute Gasteiger partial charge is 0.396 e. The van der Waals surface area contributed by atoms with Crippen molar-refractivity contribution in [2.24, 2.45) is 0 Å². The minimum atomic E-state index is -3.87. The zero-order valence-corrected chi connectivity index (χ0v) is 13.9. The number of benzene rings is 1. The molecule has 9 heteroatoms. The first-order valence-corrected chi connectivity index (χ1v) is 8.77. The van der Waals surface area contributed by atoms with Crippen LogP contribution in [0.4, 0.5) is 11.4 Å². The SMILES string of the molecule is Cc1noc(C2CC2)c1NS(=O)(=O)c1cc(Cl)c(N)c(Cl)c1. The van der Waals surface area contributed by atoms with E-state index in [9.17, 15) is 8.42 Å². The van der Waals surface area contributed by atoms with Gasteiger partial charge in [0.25, 0.3) is 10.0 Å². The second-order valence-corrected chi connectivity index (χ2v) is 7.68. The van der Waals surface area contributed by atoms with Gasteiger partial charge in [-0.05, 0) is 31.9 Å². The summed E-state index contributed by atoms with van der Waals surface area (Å²) in [6.07, 6.45) is 1.92. The Morgan fingerprint density at radius 2 is 1.91 bits per heavy atom. The molecule has 0 spiro atoms. The Labute approximate surface area is 137 Å². The number of nitrogens with two attached hydrogens (primary N) is 1. The van der Waals surface area contributed by atoms with Crippen molar-refractivity contribution in [3.05, 3.63) is 33.6 Å². The number of hydrogen-bond acceptors (Lipinski definition) is 5. The van der Waals surface area contributed by atoms with Crippen LogP contribution in [-0.4, -0.2) is 13.6 Å². The van der Waals surface area contributed by atoms with Gasteiger partial charge in [-0.15, -0.1) is 0 Å². The fourth-order valence-electron chi connectivity index (χ4n) is 2.05. The van der Waals surface area contributed by atoms with Gasteiger partial charge >= 0.3 is 0 Å². The van der Waals surface area contributed by atoms with E-state index in [0.717, 1.165) is 12.8 Å². The predicted octanol–water partition coefficient (Wildman–Crippen LogP) is 3.55. The summed E-state index contributed by atoms with van der Waals surface area (Å²) in [5, 5.41) is 3.99. The summed E-state index contributed by atoms with van der Waals surface area (Å²) in [5.41, 5.74) is 6.63. The minimum absolute atomic E-state index is 0.0703. The molecule has 0 amide bonds. The van der Waals surface area contributed by atoms with Gasteiger partial charge in [-0.3, -0.25) is 4.72 Å². The summed E-state index contributed by atoms with van der Waals surface area (Å²) >= 11 is 11.8. The zero-order valence-electron chi connectivity index (χ0n) is 11.6. The topological polar surface area (TPSA) is 98.2 Å². The van der Waals surface area contributed by atoms with Gasteiger partial charge in [0.05, 0.1) is 20.6 Å². The molecule has 0 unspecified atom stereocenters. The molecule has 6 nitrogen and oxygen atoms in total. The van der Waals surface area contributed by atoms with Crippen LogP contribution >= 0.6 is 23.2 Å². The van der Waals surface area contributed by atoms with Crippen LogP contribution in [0.5, 0.6) is 0 Å². The summed E-state index contributed by atoms with van der Waals surface area (Å²) in [4.78, 5) is -0.0703. The highest BCUT2D eigenvalue weighted by Gasteiger charge is 2.33. The quantitative estimate of drug-likeness (QED) is 0.811. The van der Waals surface area contributed by atoms with Crippen molar-refractivity contribution < 1.29 is 12.9 Å². The van der Waals surface area contributed by atoms with Crippen molar-refractivity contribution in [1.29, 1.82) is 0 Å². The van der Waals surface area contributed by atoms with Gasteiger partial charge in [-0.25, -0.2) is 8.42 Å². The molecule has 22 heavy (non-hydrogen) atoms. The first-order chi connectivity index (χ1) is 10.3. The van der Waals surface area contributed by atoms with E-state index in [1.807, 2.05) is 0 Å². The normalized spacial score (nSPS) is 15.0. The van der Waals surface area contributed by atoms with Gasteiger partial charge in [0.1, 0.15) is 11.4 Å². The summed E-state index contributed by atoms with van der Waals surface area (Å²) in [7, 11) is -3.87. The molecule has 0 atom stereocenters. The van der Waals surface area contributed by atoms with E-state index in [2.05, 4.69) is 9.88 Å². The van der Waals surface area contributed by atoms with E-state index in [4.69, 9.17) is 33.5 Å². The highest BCUT2D eigenvalue weighted by molar-refractivity contribution is 7.92. The van der Waals surface area contributed by atoms with Crippen molar-refractivity contribution in [1.82, 2.24) is 5.16 Å². The fraction of sp³-hybridized carbons (Fsp3) is 0.308. The number of halogens is 2. The maximum atomic E-state index is 12.5. The van der Waals surface area contributed by atoms with E-state index in [-0.39, 0.29) is 26.5 Å². The Morgan fingerprint density at radius 1 is 1.32 bits per heavy atom. The molecular weight excluding hydrogens is 349 g/mol. The molecule has 3 rings (SSSR count). The Kier molecular flexibility index (Phi) is 3.74. The number of nitrogens with zero attached hydrogens (tertiary/aromatic N) is 1. The molecule has 0 saturated heterocycles. The van der Waals surface area contributed by atoms with Crippen molar-refractivity contribution in [2.75, 3.05) is 10.5 Å². The smallest absolute Gasteiger partial charge is 0.262 e. The van der Waals surface area contributed by atoms with Crippen LogP contribution in [0, 0.1) is 6.92 Å². The van der Waals surface area contributed by atoms with Crippen LogP contribution in [0.2, 0.25) is 10.0 Å². The lowest BCUT2D eigenvalue weighted by molar-refractivity contribution is 0.381. The molecule has 1 fully saturated rings. The lowest BCUT2D eigenvalue weighted by Crippen LogP contribution is -2.14. The molecule has 1 saturated carbocycles. The van der Waals surface area contributed by atoms with Crippen LogP contribution in [0.15, 0.2) is 21.6 Å². The molecule has 1 heterocycles. The molecule has 2 aromatic rings. The van der Waals surface area contributed by atoms with E-state index >= 15 is 0 Å². The Morgan fingerprint density at radius 3 is 2.45 bits per heavy atom. The average molecular weight is 362 g/mol. The number of nitrogen functional groups attached to an aromatic ring is 1. The van der Waals surface area contributed by atoms with Gasteiger partial charge in [-0.1, -0.05) is 28.4 Å². The minimum Gasteiger partial charge on any atom is -0.396 e. The third-order valence-electron chi connectivity index (χ3n) is 3.44. The van der Waals surface area contributed by atoms with Crippen molar-refractivity contribution in [3.63, 3.8) is 0 Å². The molecule has 0 radical (unpaired) electrons. The lowest BCUT2D eigenvalue weighted by atomic mass is 10.2. The van der Waals surface area contributed by atoms with Gasteiger partial charge in [0, 0.05) is 5.92 Å². The van der Waals surface area contributed by atoms with Crippen molar-refractivity contribution in [2.45, 2.75) is 30.6 Å². The third-order valence-corrected chi connectivity index (χ3v) is 5.39. The Hall–Kier alpha value is -1.44. The van der Waals surface area contributed by atoms with Crippen LogP contribution in [0.1, 0.15) is 30.2 Å². The molecule has 3 N–H and O–H groups in total. The maximum absolute atomic E-state index is 12.5. The van der Waals surface area contributed by atoms with Gasteiger partial charge < -0.3 is 10.3 Å². The van der Waals surface area contributed by atoms with Gasteiger partial charge in [0.15, 0.2) is 5.76 Å². The molecule has 0 bridgehead atoms. The van der Waals surface area contributed by atoms with Crippen molar-refractivity contribution in [3.8, 4) is 0 Å². The highest BCUT2D eigenvalue weighted by Crippen LogP contribution is 2.45. The van der Waals surface area contributed by atoms with E-state index < -0.39 is 10.0 Å². The Balaban J connectivity index is 1.99. The number of anilines is 2. The first-order valence-electron chi connectivity index (χ1n) is 6.53. The monoisotopic (exact) mass is 361 g/mol.